The summed E-state index contributed by atoms with van der Waals surface area (Å²) < 4.78 is 0. The Balaban J connectivity index is 2.63. The second kappa shape index (κ2) is 2.06. The summed E-state index contributed by atoms with van der Waals surface area (Å²) in [6, 6.07) is 7.13. The summed E-state index contributed by atoms with van der Waals surface area (Å²) in [7, 11) is 0. The summed E-state index contributed by atoms with van der Waals surface area (Å²) in [6.45, 7) is 0. The van der Waals surface area contributed by atoms with Crippen LogP contribution in [0.3, 0.4) is 0 Å². The maximum absolute atomic E-state index is 11.2. The molecular formula is C8H9N3O. The predicted molar refractivity (Wildman–Crippen MR) is 45.1 cm³/mol. The fourth-order valence-corrected chi connectivity index (χ4v) is 1.30. The summed E-state index contributed by atoms with van der Waals surface area (Å²) in [5.41, 5.74) is 11.2. The lowest BCUT2D eigenvalue weighted by Gasteiger charge is -2.14. The topological polar surface area (TPSA) is 81.1 Å². The Labute approximate surface area is 69.5 Å². The lowest BCUT2D eigenvalue weighted by molar-refractivity contribution is -0.120. The molecule has 0 atom stereocenters. The molecule has 0 aliphatic carbocycles. The number of carbonyl (C=O) groups excluding carboxylic acids is 1. The van der Waals surface area contributed by atoms with Crippen LogP contribution < -0.4 is 16.8 Å². The molecule has 0 bridgehead atoms. The molecule has 1 aromatic rings. The van der Waals surface area contributed by atoms with Crippen LogP contribution >= 0.6 is 0 Å². The standard InChI is InChI=1S/C8H9N3O/c9-8(10)5-3-1-2-4-6(5)11-7(8)12/h1-4H,9-10H2,(H,11,12). The van der Waals surface area contributed by atoms with Crippen molar-refractivity contribution in [1.82, 2.24) is 0 Å². The molecular weight excluding hydrogens is 154 g/mol. The molecule has 4 nitrogen and oxygen atoms in total. The van der Waals surface area contributed by atoms with Crippen LogP contribution in [0.2, 0.25) is 0 Å². The highest BCUT2D eigenvalue weighted by atomic mass is 16.2. The van der Waals surface area contributed by atoms with E-state index >= 15 is 0 Å². The maximum atomic E-state index is 11.2. The smallest absolute Gasteiger partial charge is 0.263 e. The highest BCUT2D eigenvalue weighted by Crippen LogP contribution is 2.29. The van der Waals surface area contributed by atoms with Gasteiger partial charge < -0.3 is 16.8 Å². The Morgan fingerprint density at radius 2 is 1.92 bits per heavy atom. The van der Waals surface area contributed by atoms with Gasteiger partial charge in [0.25, 0.3) is 5.91 Å². The molecule has 0 radical (unpaired) electrons. The first-order valence-corrected chi connectivity index (χ1v) is 3.61. The number of rotatable bonds is 0. The zero-order valence-corrected chi connectivity index (χ0v) is 6.37. The third-order valence-corrected chi connectivity index (χ3v) is 2.00. The fraction of sp³-hybridized carbons (Fsp3) is 0.125. The molecule has 62 valence electrons. The quantitative estimate of drug-likeness (QED) is 0.460. The van der Waals surface area contributed by atoms with Crippen molar-refractivity contribution in [2.75, 3.05) is 5.32 Å². The number of benzene rings is 1. The number of anilines is 1. The van der Waals surface area contributed by atoms with Crippen molar-refractivity contribution >= 4 is 11.6 Å². The number of hydrogen-bond donors (Lipinski definition) is 3. The molecule has 0 spiro atoms. The Bertz CT molecular complexity index is 346. The average Bonchev–Trinajstić information content (AvgIpc) is 2.25. The zero-order valence-electron chi connectivity index (χ0n) is 6.37. The van der Waals surface area contributed by atoms with Crippen molar-refractivity contribution in [3.63, 3.8) is 0 Å². The number of para-hydroxylation sites is 1. The van der Waals surface area contributed by atoms with Crippen LogP contribution in [-0.2, 0) is 10.5 Å². The van der Waals surface area contributed by atoms with Crippen LogP contribution in [0.1, 0.15) is 5.56 Å². The van der Waals surface area contributed by atoms with Gasteiger partial charge in [0.05, 0.1) is 0 Å². The molecule has 5 N–H and O–H groups in total. The van der Waals surface area contributed by atoms with Crippen molar-refractivity contribution in [2.24, 2.45) is 11.5 Å². The molecule has 0 saturated carbocycles. The SMILES string of the molecule is NC1(N)C(=O)Nc2ccccc21. The van der Waals surface area contributed by atoms with Crippen molar-refractivity contribution in [3.8, 4) is 0 Å². The predicted octanol–water partition coefficient (Wildman–Crippen LogP) is -0.291. The van der Waals surface area contributed by atoms with E-state index in [-0.39, 0.29) is 5.91 Å². The van der Waals surface area contributed by atoms with Crippen LogP contribution in [0.25, 0.3) is 0 Å². The first-order chi connectivity index (χ1) is 5.62. The average molecular weight is 163 g/mol. The van der Waals surface area contributed by atoms with Crippen LogP contribution in [-0.4, -0.2) is 5.91 Å². The zero-order chi connectivity index (χ0) is 8.77. The van der Waals surface area contributed by atoms with Gasteiger partial charge in [0, 0.05) is 11.3 Å². The van der Waals surface area contributed by atoms with Crippen molar-refractivity contribution in [2.45, 2.75) is 5.66 Å². The second-order valence-electron chi connectivity index (χ2n) is 2.87. The summed E-state index contributed by atoms with van der Waals surface area (Å²) in [4.78, 5) is 11.2. The molecule has 2 rings (SSSR count). The number of amides is 1. The number of fused-ring (bicyclic) bond motifs is 1. The van der Waals surface area contributed by atoms with E-state index < -0.39 is 5.66 Å². The van der Waals surface area contributed by atoms with Crippen LogP contribution in [0.4, 0.5) is 5.69 Å². The maximum Gasteiger partial charge on any atom is 0.263 e. The van der Waals surface area contributed by atoms with Gasteiger partial charge in [0.2, 0.25) is 0 Å². The van der Waals surface area contributed by atoms with Crippen LogP contribution in [0.15, 0.2) is 24.3 Å². The van der Waals surface area contributed by atoms with Crippen molar-refractivity contribution in [1.29, 1.82) is 0 Å². The number of nitrogens with one attached hydrogen (secondary N) is 1. The molecule has 0 fully saturated rings. The normalized spacial score (nSPS) is 18.7. The number of nitrogens with two attached hydrogens (primary N) is 2. The molecule has 1 aromatic carbocycles. The highest BCUT2D eigenvalue weighted by Gasteiger charge is 2.39. The van der Waals surface area contributed by atoms with Crippen LogP contribution in [0, 0.1) is 0 Å². The molecule has 4 heteroatoms. The summed E-state index contributed by atoms with van der Waals surface area (Å²) in [5, 5.41) is 2.60. The lowest BCUT2D eigenvalue weighted by Crippen LogP contribution is -2.51. The van der Waals surface area contributed by atoms with Gasteiger partial charge in [-0.15, -0.1) is 0 Å². The minimum absolute atomic E-state index is 0.358. The van der Waals surface area contributed by atoms with Gasteiger partial charge in [-0.3, -0.25) is 4.79 Å². The Morgan fingerprint density at radius 3 is 2.58 bits per heavy atom. The molecule has 0 aromatic heterocycles. The van der Waals surface area contributed by atoms with E-state index in [0.717, 1.165) is 0 Å². The van der Waals surface area contributed by atoms with Gasteiger partial charge in [0.1, 0.15) is 0 Å². The molecule has 1 heterocycles. The third-order valence-electron chi connectivity index (χ3n) is 2.00. The first kappa shape index (κ1) is 7.27. The minimum atomic E-state index is -1.36. The first-order valence-electron chi connectivity index (χ1n) is 3.61. The summed E-state index contributed by atoms with van der Waals surface area (Å²) >= 11 is 0. The van der Waals surface area contributed by atoms with E-state index in [2.05, 4.69) is 5.32 Å². The Hall–Kier alpha value is -1.39. The van der Waals surface area contributed by atoms with Crippen LogP contribution in [0.5, 0.6) is 0 Å². The second-order valence-corrected chi connectivity index (χ2v) is 2.87. The monoisotopic (exact) mass is 163 g/mol. The van der Waals surface area contributed by atoms with E-state index in [1.807, 2.05) is 6.07 Å². The largest absolute Gasteiger partial charge is 0.323 e. The van der Waals surface area contributed by atoms with Gasteiger partial charge in [-0.2, -0.15) is 0 Å². The van der Waals surface area contributed by atoms with Gasteiger partial charge in [-0.05, 0) is 6.07 Å². The van der Waals surface area contributed by atoms with Gasteiger partial charge in [-0.25, -0.2) is 0 Å². The fourth-order valence-electron chi connectivity index (χ4n) is 1.30. The summed E-state index contributed by atoms with van der Waals surface area (Å²) in [6.07, 6.45) is 0. The third kappa shape index (κ3) is 0.760. The number of carbonyl (C=O) groups is 1. The van der Waals surface area contributed by atoms with E-state index in [1.165, 1.54) is 0 Å². The molecule has 0 saturated heterocycles. The highest BCUT2D eigenvalue weighted by molar-refractivity contribution is 6.05. The molecule has 1 aliphatic heterocycles. The molecule has 1 amide bonds. The minimum Gasteiger partial charge on any atom is -0.323 e. The van der Waals surface area contributed by atoms with Crippen molar-refractivity contribution < 1.29 is 4.79 Å². The van der Waals surface area contributed by atoms with E-state index in [0.29, 0.717) is 11.3 Å². The van der Waals surface area contributed by atoms with E-state index in [9.17, 15) is 4.79 Å². The van der Waals surface area contributed by atoms with E-state index in [1.54, 1.807) is 18.2 Å². The molecule has 1 aliphatic rings. The summed E-state index contributed by atoms with van der Waals surface area (Å²) in [5.74, 6) is -0.358. The molecule has 12 heavy (non-hydrogen) atoms. The van der Waals surface area contributed by atoms with Gasteiger partial charge in [0.15, 0.2) is 5.66 Å². The van der Waals surface area contributed by atoms with E-state index in [4.69, 9.17) is 11.5 Å². The Morgan fingerprint density at radius 1 is 1.25 bits per heavy atom. The molecule has 0 unspecified atom stereocenters. The van der Waals surface area contributed by atoms with Gasteiger partial charge in [-0.1, -0.05) is 18.2 Å². The number of hydrogen-bond acceptors (Lipinski definition) is 3. The Kier molecular flexibility index (Phi) is 1.25. The van der Waals surface area contributed by atoms with Crippen molar-refractivity contribution in [3.05, 3.63) is 29.8 Å². The lowest BCUT2D eigenvalue weighted by atomic mass is 10.0. The van der Waals surface area contributed by atoms with Gasteiger partial charge >= 0.3 is 0 Å².